The van der Waals surface area contributed by atoms with Gasteiger partial charge in [-0.25, -0.2) is 8.42 Å². The second-order valence-corrected chi connectivity index (χ2v) is 11.1. The third-order valence-electron chi connectivity index (χ3n) is 5.74. The normalized spacial score (nSPS) is 13.6. The van der Waals surface area contributed by atoms with Crippen molar-refractivity contribution in [3.63, 3.8) is 0 Å². The number of benzene rings is 2. The van der Waals surface area contributed by atoms with Crippen LogP contribution in [0.15, 0.2) is 36.4 Å². The second-order valence-electron chi connectivity index (χ2n) is 8.31. The maximum absolute atomic E-state index is 13.2. The maximum atomic E-state index is 13.2. The van der Waals surface area contributed by atoms with Gasteiger partial charge in [0.25, 0.3) is 0 Å². The summed E-state index contributed by atoms with van der Waals surface area (Å²) in [5.41, 5.74) is 1.05. The van der Waals surface area contributed by atoms with Crippen molar-refractivity contribution in [2.24, 2.45) is 0 Å². The summed E-state index contributed by atoms with van der Waals surface area (Å²) in [7, 11) is -2.14. The molecule has 1 aliphatic rings. The van der Waals surface area contributed by atoms with Crippen molar-refractivity contribution < 1.29 is 27.5 Å². The van der Waals surface area contributed by atoms with Crippen LogP contribution in [0.4, 0.5) is 5.69 Å². The number of nitrogens with one attached hydrogen (secondary N) is 1. The Kier molecular flexibility index (Phi) is 9.32. The zero-order chi connectivity index (χ0) is 26.5. The summed E-state index contributed by atoms with van der Waals surface area (Å²) < 4.78 is 37.4. The topological polar surface area (TPSA) is 105 Å². The first-order valence-electron chi connectivity index (χ1n) is 11.3. The molecule has 0 bridgehead atoms. The molecule has 196 valence electrons. The number of halogens is 2. The van der Waals surface area contributed by atoms with Gasteiger partial charge in [-0.2, -0.15) is 0 Å². The van der Waals surface area contributed by atoms with Gasteiger partial charge in [0.2, 0.25) is 21.8 Å². The van der Waals surface area contributed by atoms with Gasteiger partial charge in [0.15, 0.2) is 11.5 Å². The zero-order valence-electron chi connectivity index (χ0n) is 20.3. The lowest BCUT2D eigenvalue weighted by Crippen LogP contribution is -2.46. The Balaban J connectivity index is 1.74. The van der Waals surface area contributed by atoms with Crippen LogP contribution in [-0.4, -0.2) is 64.2 Å². The van der Waals surface area contributed by atoms with Gasteiger partial charge in [-0.15, -0.1) is 0 Å². The van der Waals surface area contributed by atoms with Gasteiger partial charge in [-0.3, -0.25) is 13.9 Å². The van der Waals surface area contributed by atoms with E-state index in [2.05, 4.69) is 5.32 Å². The Morgan fingerprint density at radius 2 is 1.78 bits per heavy atom. The summed E-state index contributed by atoms with van der Waals surface area (Å²) >= 11 is 12.3. The van der Waals surface area contributed by atoms with Gasteiger partial charge < -0.3 is 19.7 Å². The van der Waals surface area contributed by atoms with E-state index in [0.29, 0.717) is 46.0 Å². The highest BCUT2D eigenvalue weighted by molar-refractivity contribution is 7.92. The van der Waals surface area contributed by atoms with Crippen LogP contribution in [-0.2, 0) is 26.2 Å². The maximum Gasteiger partial charge on any atom is 0.242 e. The number of carbonyl (C=O) groups is 2. The Morgan fingerprint density at radius 1 is 1.08 bits per heavy atom. The van der Waals surface area contributed by atoms with Crippen molar-refractivity contribution >= 4 is 50.7 Å². The zero-order valence-corrected chi connectivity index (χ0v) is 22.6. The van der Waals surface area contributed by atoms with E-state index in [4.69, 9.17) is 32.7 Å². The molecule has 2 aromatic carbocycles. The van der Waals surface area contributed by atoms with E-state index in [1.165, 1.54) is 16.3 Å². The number of hydrogen-bond acceptors (Lipinski definition) is 6. The van der Waals surface area contributed by atoms with Crippen LogP contribution in [0.2, 0.25) is 10.0 Å². The lowest BCUT2D eigenvalue weighted by atomic mass is 10.1. The largest absolute Gasteiger partial charge is 0.486 e. The molecule has 1 heterocycles. The fourth-order valence-electron chi connectivity index (χ4n) is 3.82. The van der Waals surface area contributed by atoms with E-state index in [9.17, 15) is 18.0 Å². The lowest BCUT2D eigenvalue weighted by molar-refractivity contribution is -0.140. The molecular formula is C24H29Cl2N3O6S. The Labute approximate surface area is 221 Å². The van der Waals surface area contributed by atoms with E-state index < -0.39 is 16.1 Å². The summed E-state index contributed by atoms with van der Waals surface area (Å²) in [5.74, 6) is 0.373. The molecule has 0 saturated carbocycles. The van der Waals surface area contributed by atoms with E-state index in [1.807, 2.05) is 0 Å². The molecule has 2 amide bonds. The summed E-state index contributed by atoms with van der Waals surface area (Å²) in [6, 6.07) is 9.08. The first kappa shape index (κ1) is 27.9. The van der Waals surface area contributed by atoms with Crippen molar-refractivity contribution in [2.75, 3.05) is 37.4 Å². The van der Waals surface area contributed by atoms with Crippen LogP contribution in [0.25, 0.3) is 0 Å². The SMILES string of the molecule is CNC(=O)[C@H](C)N(Cc1ccc(Cl)cc1Cl)C(=O)CCCN(c1ccc2c(c1)OCCO2)S(C)(=O)=O. The fourth-order valence-corrected chi connectivity index (χ4v) is 5.24. The minimum atomic E-state index is -3.64. The van der Waals surface area contributed by atoms with E-state index in [0.717, 1.165) is 6.26 Å². The molecule has 0 aliphatic carbocycles. The van der Waals surface area contributed by atoms with Crippen molar-refractivity contribution in [1.29, 1.82) is 0 Å². The molecule has 0 saturated heterocycles. The van der Waals surface area contributed by atoms with Crippen molar-refractivity contribution in [1.82, 2.24) is 10.2 Å². The van der Waals surface area contributed by atoms with Crippen LogP contribution in [0, 0.1) is 0 Å². The van der Waals surface area contributed by atoms with E-state index in [-0.39, 0.29) is 37.7 Å². The number of hydrogen-bond donors (Lipinski definition) is 1. The number of amides is 2. The van der Waals surface area contributed by atoms with Crippen LogP contribution in [0.1, 0.15) is 25.3 Å². The highest BCUT2D eigenvalue weighted by Crippen LogP contribution is 2.35. The van der Waals surface area contributed by atoms with Crippen LogP contribution in [0.5, 0.6) is 11.5 Å². The number of fused-ring (bicyclic) bond motifs is 1. The van der Waals surface area contributed by atoms with Gasteiger partial charge in [-0.1, -0.05) is 29.3 Å². The van der Waals surface area contributed by atoms with E-state index >= 15 is 0 Å². The number of ether oxygens (including phenoxy) is 2. The molecule has 0 unspecified atom stereocenters. The summed E-state index contributed by atoms with van der Waals surface area (Å²) in [5, 5.41) is 3.39. The number of rotatable bonds is 10. The molecule has 0 radical (unpaired) electrons. The van der Waals surface area contributed by atoms with Gasteiger partial charge in [-0.05, 0) is 43.2 Å². The average molecular weight is 558 g/mol. The number of carbonyl (C=O) groups excluding carboxylic acids is 2. The summed E-state index contributed by atoms with van der Waals surface area (Å²) in [4.78, 5) is 27.0. The molecule has 0 spiro atoms. The first-order valence-corrected chi connectivity index (χ1v) is 13.9. The second kappa shape index (κ2) is 12.0. The molecule has 36 heavy (non-hydrogen) atoms. The molecule has 9 nitrogen and oxygen atoms in total. The van der Waals surface area contributed by atoms with Crippen molar-refractivity contribution in [2.45, 2.75) is 32.4 Å². The molecule has 0 fully saturated rings. The molecule has 3 rings (SSSR count). The van der Waals surface area contributed by atoms with Crippen LogP contribution < -0.4 is 19.1 Å². The minimum absolute atomic E-state index is 0.0170. The molecule has 0 aromatic heterocycles. The van der Waals surface area contributed by atoms with Crippen molar-refractivity contribution in [3.05, 3.63) is 52.0 Å². The Morgan fingerprint density at radius 3 is 2.42 bits per heavy atom. The number of anilines is 1. The highest BCUT2D eigenvalue weighted by atomic mass is 35.5. The molecule has 2 aromatic rings. The minimum Gasteiger partial charge on any atom is -0.486 e. The number of sulfonamides is 1. The molecule has 12 heteroatoms. The fraction of sp³-hybridized carbons (Fsp3) is 0.417. The average Bonchev–Trinajstić information content (AvgIpc) is 2.84. The van der Waals surface area contributed by atoms with Crippen LogP contribution in [0.3, 0.4) is 0 Å². The summed E-state index contributed by atoms with van der Waals surface area (Å²) in [6.45, 7) is 2.59. The molecular weight excluding hydrogens is 529 g/mol. The highest BCUT2D eigenvalue weighted by Gasteiger charge is 2.27. The number of nitrogens with zero attached hydrogens (tertiary/aromatic N) is 2. The van der Waals surface area contributed by atoms with Gasteiger partial charge >= 0.3 is 0 Å². The Bertz CT molecular complexity index is 1220. The predicted octanol–water partition coefficient (Wildman–Crippen LogP) is 3.47. The number of likely N-dealkylation sites (N-methyl/N-ethyl adjacent to an activating group) is 1. The Hall–Kier alpha value is -2.69. The lowest BCUT2D eigenvalue weighted by Gasteiger charge is -2.29. The summed E-state index contributed by atoms with van der Waals surface area (Å²) in [6.07, 6.45) is 1.35. The monoisotopic (exact) mass is 557 g/mol. The first-order chi connectivity index (χ1) is 17.0. The third-order valence-corrected chi connectivity index (χ3v) is 7.52. The molecule has 1 atom stereocenters. The van der Waals surface area contributed by atoms with E-state index in [1.54, 1.807) is 43.3 Å². The third kappa shape index (κ3) is 6.96. The smallest absolute Gasteiger partial charge is 0.242 e. The molecule has 1 N–H and O–H groups in total. The standard InChI is InChI=1S/C24H29Cl2N3O6S/c1-16(24(31)27-2)28(15-17-6-7-18(25)13-20(17)26)23(30)5-4-10-29(36(3,32)33)19-8-9-21-22(14-19)35-12-11-34-21/h6-9,13-14,16H,4-5,10-12,15H2,1-3H3,(H,27,31)/t16-/m0/s1. The molecule has 1 aliphatic heterocycles. The van der Waals surface area contributed by atoms with Crippen molar-refractivity contribution in [3.8, 4) is 11.5 Å². The van der Waals surface area contributed by atoms with Gasteiger partial charge in [0.1, 0.15) is 19.3 Å². The van der Waals surface area contributed by atoms with Gasteiger partial charge in [0.05, 0.1) is 11.9 Å². The quantitative estimate of drug-likeness (QED) is 0.479. The predicted molar refractivity (Wildman–Crippen MR) is 139 cm³/mol. The van der Waals surface area contributed by atoms with Gasteiger partial charge in [0, 0.05) is 42.7 Å². The van der Waals surface area contributed by atoms with Crippen LogP contribution >= 0.6 is 23.2 Å².